The predicted molar refractivity (Wildman–Crippen MR) is 81.7 cm³/mol. The van der Waals surface area contributed by atoms with Gasteiger partial charge in [-0.15, -0.1) is 0 Å². The predicted octanol–water partition coefficient (Wildman–Crippen LogP) is 5.08. The van der Waals surface area contributed by atoms with E-state index in [2.05, 4.69) is 37.2 Å². The smallest absolute Gasteiger partial charge is 0.152 e. The minimum Gasteiger partial charge on any atom is -0.355 e. The molecule has 0 spiro atoms. The van der Waals surface area contributed by atoms with Crippen molar-refractivity contribution in [2.45, 2.75) is 6.92 Å². The van der Waals surface area contributed by atoms with Crippen LogP contribution in [0, 0.1) is 6.92 Å². The van der Waals surface area contributed by atoms with Gasteiger partial charge in [0.2, 0.25) is 0 Å². The summed E-state index contributed by atoms with van der Waals surface area (Å²) < 4.78 is 1.96. The number of nitrogens with one attached hydrogen (secondary N) is 1. The molecule has 2 aromatic carbocycles. The van der Waals surface area contributed by atoms with Gasteiger partial charge in [0.05, 0.1) is 0 Å². The van der Waals surface area contributed by atoms with E-state index in [-0.39, 0.29) is 0 Å². The number of aldehydes is 1. The third kappa shape index (κ3) is 3.00. The fraction of sp³-hybridized carbons (Fsp3) is 0.0714. The Hall–Kier alpha value is -1.13. The van der Waals surface area contributed by atoms with Gasteiger partial charge in [-0.2, -0.15) is 0 Å². The Kier molecular flexibility index (Phi) is 4.19. The van der Waals surface area contributed by atoms with Crippen LogP contribution in [0.3, 0.4) is 0 Å². The molecule has 0 amide bonds. The van der Waals surface area contributed by atoms with Gasteiger partial charge in [-0.05, 0) is 48.9 Å². The summed E-state index contributed by atoms with van der Waals surface area (Å²) in [6.45, 7) is 2.03. The van der Waals surface area contributed by atoms with Gasteiger partial charge in [0, 0.05) is 25.9 Å². The fourth-order valence-electron chi connectivity index (χ4n) is 1.62. The average molecular weight is 369 g/mol. The average Bonchev–Trinajstić information content (AvgIpc) is 2.36. The second-order valence-corrected chi connectivity index (χ2v) is 5.71. The molecule has 0 bridgehead atoms. The summed E-state index contributed by atoms with van der Waals surface area (Å²) in [4.78, 5) is 11.0. The van der Waals surface area contributed by atoms with Crippen molar-refractivity contribution in [1.82, 2.24) is 0 Å². The number of hydrogen-bond acceptors (Lipinski definition) is 2. The summed E-state index contributed by atoms with van der Waals surface area (Å²) in [5.41, 5.74) is 3.53. The van der Waals surface area contributed by atoms with Crippen molar-refractivity contribution in [3.8, 4) is 0 Å². The molecule has 0 radical (unpaired) electrons. The summed E-state index contributed by atoms with van der Waals surface area (Å²) in [6, 6.07) is 11.6. The van der Waals surface area contributed by atoms with Crippen molar-refractivity contribution in [1.29, 1.82) is 0 Å². The summed E-state index contributed by atoms with van der Waals surface area (Å²) >= 11 is 6.81. The number of aryl methyl sites for hydroxylation is 1. The molecule has 0 saturated carbocycles. The van der Waals surface area contributed by atoms with E-state index in [1.165, 1.54) is 0 Å². The number of anilines is 2. The lowest BCUT2D eigenvalue weighted by atomic mass is 10.1. The SMILES string of the molecule is Cc1cc(Nc2ccc(Br)cc2C=O)ccc1Br. The summed E-state index contributed by atoms with van der Waals surface area (Å²) in [6.07, 6.45) is 0.846. The molecule has 1 N–H and O–H groups in total. The van der Waals surface area contributed by atoms with Gasteiger partial charge in [-0.1, -0.05) is 31.9 Å². The molecule has 0 aliphatic heterocycles. The van der Waals surface area contributed by atoms with Crippen molar-refractivity contribution < 1.29 is 4.79 Å². The second kappa shape index (κ2) is 5.67. The Morgan fingerprint density at radius 3 is 2.56 bits per heavy atom. The zero-order valence-corrected chi connectivity index (χ0v) is 12.9. The van der Waals surface area contributed by atoms with Crippen LogP contribution in [0.25, 0.3) is 0 Å². The maximum Gasteiger partial charge on any atom is 0.152 e. The van der Waals surface area contributed by atoms with E-state index in [1.807, 2.05) is 37.3 Å². The van der Waals surface area contributed by atoms with Crippen molar-refractivity contribution in [2.75, 3.05) is 5.32 Å². The zero-order chi connectivity index (χ0) is 13.1. The molecule has 0 unspecified atom stereocenters. The van der Waals surface area contributed by atoms with E-state index in [0.29, 0.717) is 5.56 Å². The maximum atomic E-state index is 11.0. The highest BCUT2D eigenvalue weighted by atomic mass is 79.9. The first-order valence-corrected chi connectivity index (χ1v) is 6.96. The van der Waals surface area contributed by atoms with Crippen LogP contribution in [0.2, 0.25) is 0 Å². The van der Waals surface area contributed by atoms with Gasteiger partial charge in [0.25, 0.3) is 0 Å². The Balaban J connectivity index is 2.33. The van der Waals surface area contributed by atoms with Gasteiger partial charge < -0.3 is 5.32 Å². The molecule has 2 aromatic rings. The molecule has 0 aromatic heterocycles. The van der Waals surface area contributed by atoms with Crippen molar-refractivity contribution in [2.24, 2.45) is 0 Å². The molecule has 0 heterocycles. The highest BCUT2D eigenvalue weighted by Gasteiger charge is 2.04. The molecule has 0 aliphatic rings. The summed E-state index contributed by atoms with van der Waals surface area (Å²) in [5.74, 6) is 0. The lowest BCUT2D eigenvalue weighted by Crippen LogP contribution is -1.95. The first-order chi connectivity index (χ1) is 8.60. The van der Waals surface area contributed by atoms with Gasteiger partial charge in [0.15, 0.2) is 6.29 Å². The summed E-state index contributed by atoms with van der Waals surface area (Å²) in [5, 5.41) is 3.25. The number of carbonyl (C=O) groups is 1. The molecule has 92 valence electrons. The Morgan fingerprint density at radius 1 is 1.11 bits per heavy atom. The van der Waals surface area contributed by atoms with Gasteiger partial charge >= 0.3 is 0 Å². The number of hydrogen-bond donors (Lipinski definition) is 1. The summed E-state index contributed by atoms with van der Waals surface area (Å²) in [7, 11) is 0. The standard InChI is InChI=1S/C14H11Br2NO/c1-9-6-12(3-4-13(9)16)17-14-5-2-11(15)7-10(14)8-18/h2-8,17H,1H3. The van der Waals surface area contributed by atoms with E-state index in [1.54, 1.807) is 6.07 Å². The van der Waals surface area contributed by atoms with Crippen LogP contribution < -0.4 is 5.32 Å². The van der Waals surface area contributed by atoms with Crippen LogP contribution in [0.4, 0.5) is 11.4 Å². The molecule has 2 rings (SSSR count). The molecule has 2 nitrogen and oxygen atoms in total. The zero-order valence-electron chi connectivity index (χ0n) is 9.71. The molecule has 18 heavy (non-hydrogen) atoms. The highest BCUT2D eigenvalue weighted by molar-refractivity contribution is 9.10. The van der Waals surface area contributed by atoms with Crippen LogP contribution in [0.5, 0.6) is 0 Å². The fourth-order valence-corrected chi connectivity index (χ4v) is 2.25. The number of rotatable bonds is 3. The van der Waals surface area contributed by atoms with Crippen LogP contribution in [-0.2, 0) is 0 Å². The van der Waals surface area contributed by atoms with E-state index in [0.717, 1.165) is 32.2 Å². The molecule has 0 saturated heterocycles. The Bertz CT molecular complexity index is 596. The minimum atomic E-state index is 0.630. The Labute approximate surface area is 123 Å². The van der Waals surface area contributed by atoms with Crippen molar-refractivity contribution in [3.63, 3.8) is 0 Å². The van der Waals surface area contributed by atoms with Crippen molar-refractivity contribution >= 4 is 49.5 Å². The molecule has 0 fully saturated rings. The molecular weight excluding hydrogens is 358 g/mol. The van der Waals surface area contributed by atoms with E-state index in [9.17, 15) is 4.79 Å². The number of halogens is 2. The lowest BCUT2D eigenvalue weighted by molar-refractivity contribution is 0.112. The lowest BCUT2D eigenvalue weighted by Gasteiger charge is -2.10. The largest absolute Gasteiger partial charge is 0.355 e. The van der Waals surface area contributed by atoms with Gasteiger partial charge in [-0.3, -0.25) is 4.79 Å². The first-order valence-electron chi connectivity index (χ1n) is 5.38. The first kappa shape index (κ1) is 13.3. The van der Waals surface area contributed by atoms with Crippen LogP contribution >= 0.6 is 31.9 Å². The van der Waals surface area contributed by atoms with E-state index < -0.39 is 0 Å². The third-order valence-corrected chi connectivity index (χ3v) is 3.96. The van der Waals surface area contributed by atoms with Gasteiger partial charge in [-0.25, -0.2) is 0 Å². The van der Waals surface area contributed by atoms with E-state index >= 15 is 0 Å². The topological polar surface area (TPSA) is 29.1 Å². The molecule has 0 aliphatic carbocycles. The maximum absolute atomic E-state index is 11.0. The number of benzene rings is 2. The molecule has 0 atom stereocenters. The monoisotopic (exact) mass is 367 g/mol. The number of carbonyl (C=O) groups excluding carboxylic acids is 1. The van der Waals surface area contributed by atoms with Crippen LogP contribution in [0.1, 0.15) is 15.9 Å². The van der Waals surface area contributed by atoms with Crippen LogP contribution in [-0.4, -0.2) is 6.29 Å². The third-order valence-electron chi connectivity index (χ3n) is 2.58. The van der Waals surface area contributed by atoms with E-state index in [4.69, 9.17) is 0 Å². The minimum absolute atomic E-state index is 0.630. The molecular formula is C14H11Br2NO. The quantitative estimate of drug-likeness (QED) is 0.765. The normalized spacial score (nSPS) is 10.2. The highest BCUT2D eigenvalue weighted by Crippen LogP contribution is 2.26. The van der Waals surface area contributed by atoms with Crippen molar-refractivity contribution in [3.05, 3.63) is 56.5 Å². The Morgan fingerprint density at radius 2 is 1.89 bits per heavy atom. The second-order valence-electron chi connectivity index (χ2n) is 3.94. The molecule has 4 heteroatoms. The van der Waals surface area contributed by atoms with Crippen LogP contribution in [0.15, 0.2) is 45.3 Å². The van der Waals surface area contributed by atoms with Gasteiger partial charge in [0.1, 0.15) is 0 Å².